The molecule has 0 aliphatic carbocycles. The van der Waals surface area contributed by atoms with Gasteiger partial charge in [-0.15, -0.1) is 0 Å². The molecule has 0 aromatic rings. The first-order valence-corrected chi connectivity index (χ1v) is 27.4. The number of unbranched alkanes of at least 4 members (excludes halogenated alkanes) is 15. The van der Waals surface area contributed by atoms with E-state index in [9.17, 15) is 35.1 Å². The van der Waals surface area contributed by atoms with Crippen molar-refractivity contribution in [3.05, 3.63) is 122 Å². The number of allylic oxidation sites excluding steroid dienone is 19. The molecular weight excluding hydrogens is 895 g/mol. The third-order valence-corrected chi connectivity index (χ3v) is 12.0. The van der Waals surface area contributed by atoms with Crippen molar-refractivity contribution in [2.75, 3.05) is 13.2 Å². The number of ether oxygens (including phenoxy) is 3. The van der Waals surface area contributed by atoms with Crippen LogP contribution in [-0.4, -0.2) is 99.6 Å². The largest absolute Gasteiger partial charge is 0.454 e. The van der Waals surface area contributed by atoms with Gasteiger partial charge in [0.25, 0.3) is 0 Å². The van der Waals surface area contributed by atoms with Crippen molar-refractivity contribution in [3.63, 3.8) is 0 Å². The molecule has 0 saturated carbocycles. The van der Waals surface area contributed by atoms with Crippen LogP contribution in [-0.2, 0) is 23.8 Å². The molecule has 11 nitrogen and oxygen atoms in total. The molecule has 8 unspecified atom stereocenters. The Hall–Kier alpha value is -3.94. The summed E-state index contributed by atoms with van der Waals surface area (Å²) >= 11 is 0. The molecule has 71 heavy (non-hydrogen) atoms. The van der Waals surface area contributed by atoms with Crippen molar-refractivity contribution in [1.29, 1.82) is 0 Å². The second-order valence-corrected chi connectivity index (χ2v) is 18.3. The van der Waals surface area contributed by atoms with Gasteiger partial charge in [0.15, 0.2) is 12.4 Å². The van der Waals surface area contributed by atoms with Crippen LogP contribution in [0, 0.1) is 0 Å². The minimum Gasteiger partial charge on any atom is -0.454 e. The van der Waals surface area contributed by atoms with Gasteiger partial charge in [0.1, 0.15) is 24.4 Å². The Morgan fingerprint density at radius 3 is 1.65 bits per heavy atom. The highest BCUT2D eigenvalue weighted by Crippen LogP contribution is 2.26. The molecule has 0 spiro atoms. The Bertz CT molecular complexity index is 1610. The smallest absolute Gasteiger partial charge is 0.306 e. The van der Waals surface area contributed by atoms with E-state index in [1.165, 1.54) is 70.6 Å². The minimum absolute atomic E-state index is 0.0318. The van der Waals surface area contributed by atoms with Gasteiger partial charge in [-0.3, -0.25) is 9.59 Å². The normalized spacial score (nSPS) is 20.6. The van der Waals surface area contributed by atoms with Crippen LogP contribution in [0.1, 0.15) is 181 Å². The van der Waals surface area contributed by atoms with E-state index in [0.29, 0.717) is 19.3 Å². The molecule has 0 bridgehead atoms. The first kappa shape index (κ1) is 65.1. The fraction of sp³-hybridized carbons (Fsp3) is 0.633. The molecule has 0 aromatic carbocycles. The van der Waals surface area contributed by atoms with E-state index in [1.54, 1.807) is 6.08 Å². The zero-order chi connectivity index (χ0) is 51.8. The molecule has 8 atom stereocenters. The lowest BCUT2D eigenvalue weighted by molar-refractivity contribution is -0.305. The fourth-order valence-electron chi connectivity index (χ4n) is 7.61. The minimum atomic E-state index is -1.65. The number of aliphatic hydroxyl groups excluding tert-OH is 5. The van der Waals surface area contributed by atoms with Gasteiger partial charge in [-0.2, -0.15) is 0 Å². The number of esters is 1. The summed E-state index contributed by atoms with van der Waals surface area (Å²) in [5.41, 5.74) is 0. The predicted molar refractivity (Wildman–Crippen MR) is 291 cm³/mol. The highest BCUT2D eigenvalue weighted by molar-refractivity contribution is 5.80. The highest BCUT2D eigenvalue weighted by Gasteiger charge is 2.47. The molecule has 1 amide bonds. The van der Waals surface area contributed by atoms with Crippen LogP contribution in [0.4, 0.5) is 0 Å². The van der Waals surface area contributed by atoms with Crippen LogP contribution in [0.25, 0.3) is 0 Å². The van der Waals surface area contributed by atoms with Gasteiger partial charge >= 0.3 is 5.97 Å². The highest BCUT2D eigenvalue weighted by atomic mass is 16.7. The number of hydrogen-bond acceptors (Lipinski definition) is 10. The number of amides is 1. The third kappa shape index (κ3) is 35.8. The van der Waals surface area contributed by atoms with Crippen LogP contribution in [0.5, 0.6) is 0 Å². The van der Waals surface area contributed by atoms with Crippen LogP contribution in [0.3, 0.4) is 0 Å². The zero-order valence-electron chi connectivity index (χ0n) is 44.0. The number of nitrogens with one attached hydrogen (secondary N) is 1. The van der Waals surface area contributed by atoms with Crippen molar-refractivity contribution in [2.24, 2.45) is 0 Å². The lowest BCUT2D eigenvalue weighted by Crippen LogP contribution is -2.61. The van der Waals surface area contributed by atoms with E-state index in [-0.39, 0.29) is 19.4 Å². The van der Waals surface area contributed by atoms with Crippen LogP contribution < -0.4 is 5.32 Å². The predicted octanol–water partition coefficient (Wildman–Crippen LogP) is 11.9. The maximum absolute atomic E-state index is 13.3. The number of rotatable bonds is 43. The van der Waals surface area contributed by atoms with E-state index < -0.39 is 67.4 Å². The fourth-order valence-corrected chi connectivity index (χ4v) is 7.61. The SMILES string of the molecule is CC/C=C/C=C/C=C\C=C/C=C/CCC(O)C(=O)NC(COC1OC(CO)C(O)C(O)C1OC(=O)CCC/C=C\C/C=C\C/C=C\C/C=C\CCCCC)C(O)/C=C/CCCCCCCCCCCCC. The maximum atomic E-state index is 13.3. The Labute approximate surface area is 430 Å². The summed E-state index contributed by atoms with van der Waals surface area (Å²) in [6.07, 6.45) is 54.1. The number of aliphatic hydroxyl groups is 5. The summed E-state index contributed by atoms with van der Waals surface area (Å²) in [6, 6.07) is -1.08. The Kier molecular flexibility index (Phi) is 43.2. The van der Waals surface area contributed by atoms with Crippen molar-refractivity contribution < 1.29 is 49.3 Å². The molecule has 0 aromatic heterocycles. The Morgan fingerprint density at radius 2 is 1.07 bits per heavy atom. The van der Waals surface area contributed by atoms with Gasteiger partial charge < -0.3 is 45.1 Å². The lowest BCUT2D eigenvalue weighted by Gasteiger charge is -2.41. The third-order valence-electron chi connectivity index (χ3n) is 12.0. The van der Waals surface area contributed by atoms with Gasteiger partial charge in [0.05, 0.1) is 25.4 Å². The van der Waals surface area contributed by atoms with Gasteiger partial charge in [0.2, 0.25) is 5.91 Å². The maximum Gasteiger partial charge on any atom is 0.306 e. The van der Waals surface area contributed by atoms with Crippen LogP contribution in [0.15, 0.2) is 122 Å². The zero-order valence-corrected chi connectivity index (χ0v) is 44.0. The van der Waals surface area contributed by atoms with Crippen LogP contribution >= 0.6 is 0 Å². The monoisotopic (exact) mass is 992 g/mol. The second kappa shape index (κ2) is 47.1. The summed E-state index contributed by atoms with van der Waals surface area (Å²) in [6.45, 7) is 5.49. The summed E-state index contributed by atoms with van der Waals surface area (Å²) < 4.78 is 17.4. The first-order valence-electron chi connectivity index (χ1n) is 27.4. The quantitative estimate of drug-likeness (QED) is 0.0149. The molecule has 1 heterocycles. The molecule has 1 aliphatic rings. The molecule has 402 valence electrons. The number of carbonyl (C=O) groups excluding carboxylic acids is 2. The van der Waals surface area contributed by atoms with E-state index >= 15 is 0 Å². The molecule has 1 aliphatic heterocycles. The molecule has 1 fully saturated rings. The van der Waals surface area contributed by atoms with E-state index in [2.05, 4.69) is 68.6 Å². The first-order chi connectivity index (χ1) is 34.7. The van der Waals surface area contributed by atoms with Gasteiger partial charge in [-0.05, 0) is 77.0 Å². The number of hydrogen-bond donors (Lipinski definition) is 6. The molecule has 11 heteroatoms. The summed E-state index contributed by atoms with van der Waals surface area (Å²) in [7, 11) is 0. The summed E-state index contributed by atoms with van der Waals surface area (Å²) in [5, 5.41) is 56.6. The van der Waals surface area contributed by atoms with Gasteiger partial charge in [0, 0.05) is 6.42 Å². The van der Waals surface area contributed by atoms with E-state index in [1.807, 2.05) is 72.9 Å². The Balaban J connectivity index is 2.85. The van der Waals surface area contributed by atoms with Gasteiger partial charge in [-0.25, -0.2) is 0 Å². The topological polar surface area (TPSA) is 175 Å². The van der Waals surface area contributed by atoms with Crippen molar-refractivity contribution in [2.45, 2.75) is 230 Å². The number of carbonyl (C=O) groups is 2. The van der Waals surface area contributed by atoms with Crippen LogP contribution in [0.2, 0.25) is 0 Å². The molecular formula is C60H97NO10. The average molecular weight is 992 g/mol. The van der Waals surface area contributed by atoms with Gasteiger partial charge in [-0.1, -0.05) is 219 Å². The molecule has 1 saturated heterocycles. The average Bonchev–Trinajstić information content (AvgIpc) is 3.37. The summed E-state index contributed by atoms with van der Waals surface area (Å²) in [5.74, 6) is -1.35. The molecule has 1 rings (SSSR count). The second-order valence-electron chi connectivity index (χ2n) is 18.3. The summed E-state index contributed by atoms with van der Waals surface area (Å²) in [4.78, 5) is 26.3. The van der Waals surface area contributed by atoms with Crippen molar-refractivity contribution in [3.8, 4) is 0 Å². The standard InChI is InChI=1S/C60H97NO10/c1-4-7-10-13-16-19-22-25-26-27-28-30-33-36-39-42-45-48-55(65)71-58-57(67)56(66)54(49-62)70-60(58)69-50-51(52(63)46-43-40-37-34-32-29-23-20-17-14-11-8-5-2)61-59(68)53(64)47-44-41-38-35-31-24-21-18-15-12-9-6-3/h9,12,15-16,18-19,21,24-26,28,30-31,35-36,38-39,41,43,46,51-54,56-58,60,62-64,66-67H,4-8,10-11,13-14,17,20,22-23,27,29,32-34,37,40,42,44-45,47-50H2,1-3H3,(H,61,68)/b12-9+,18-15+,19-16-,24-21-,26-25-,30-28-,35-31-,39-36-,41-38+,46-43+. The molecule has 6 N–H and O–H groups in total. The van der Waals surface area contributed by atoms with Crippen molar-refractivity contribution in [1.82, 2.24) is 5.32 Å². The molecule has 0 radical (unpaired) electrons. The van der Waals surface area contributed by atoms with E-state index in [4.69, 9.17) is 14.2 Å². The Morgan fingerprint density at radius 1 is 0.577 bits per heavy atom. The van der Waals surface area contributed by atoms with E-state index in [0.717, 1.165) is 57.8 Å². The van der Waals surface area contributed by atoms with Crippen molar-refractivity contribution >= 4 is 11.9 Å². The lowest BCUT2D eigenvalue weighted by atomic mass is 9.99.